The van der Waals surface area contributed by atoms with Gasteiger partial charge in [0.25, 0.3) is 0 Å². The molecule has 0 unspecified atom stereocenters. The number of carbonyl (C=O) groups is 2. The van der Waals surface area contributed by atoms with E-state index in [1.54, 1.807) is 20.8 Å². The van der Waals surface area contributed by atoms with Crippen molar-refractivity contribution >= 4 is 11.7 Å². The molecule has 0 fully saturated rings. The standard InChI is InChI=1S/C9H15NO2/c1-6(10-7(2)11)8(12)9(3,4)5/h1H2,2-5H3,(H,10,11). The number of nitrogens with one attached hydrogen (secondary N) is 1. The van der Waals surface area contributed by atoms with Crippen LogP contribution in [0.25, 0.3) is 0 Å². The van der Waals surface area contributed by atoms with Gasteiger partial charge in [0.2, 0.25) is 5.91 Å². The van der Waals surface area contributed by atoms with Crippen LogP contribution in [0.15, 0.2) is 12.3 Å². The molecular formula is C9H15NO2. The molecule has 68 valence electrons. The van der Waals surface area contributed by atoms with E-state index in [1.807, 2.05) is 0 Å². The molecule has 0 radical (unpaired) electrons. The molecule has 0 spiro atoms. The quantitative estimate of drug-likeness (QED) is 0.632. The van der Waals surface area contributed by atoms with Gasteiger partial charge < -0.3 is 5.32 Å². The summed E-state index contributed by atoms with van der Waals surface area (Å²) < 4.78 is 0. The highest BCUT2D eigenvalue weighted by Crippen LogP contribution is 2.17. The minimum absolute atomic E-state index is 0.141. The van der Waals surface area contributed by atoms with Crippen LogP contribution in [0.2, 0.25) is 0 Å². The maximum Gasteiger partial charge on any atom is 0.221 e. The summed E-state index contributed by atoms with van der Waals surface area (Å²) in [6.07, 6.45) is 0. The van der Waals surface area contributed by atoms with Crippen molar-refractivity contribution in [3.63, 3.8) is 0 Å². The molecule has 0 saturated carbocycles. The molecule has 0 saturated heterocycles. The Morgan fingerprint density at radius 1 is 1.25 bits per heavy atom. The van der Waals surface area contributed by atoms with Gasteiger partial charge in [-0.05, 0) is 0 Å². The predicted octanol–water partition coefficient (Wildman–Crippen LogP) is 1.25. The third kappa shape index (κ3) is 3.32. The summed E-state index contributed by atoms with van der Waals surface area (Å²) in [6, 6.07) is 0. The molecule has 12 heavy (non-hydrogen) atoms. The second-order valence-electron chi connectivity index (χ2n) is 3.74. The summed E-state index contributed by atoms with van der Waals surface area (Å²) in [5.41, 5.74) is -0.325. The molecule has 0 aromatic carbocycles. The lowest BCUT2D eigenvalue weighted by Crippen LogP contribution is -2.31. The minimum Gasteiger partial charge on any atom is -0.324 e. The summed E-state index contributed by atoms with van der Waals surface area (Å²) in [5, 5.41) is 2.37. The summed E-state index contributed by atoms with van der Waals surface area (Å²) in [4.78, 5) is 21.9. The van der Waals surface area contributed by atoms with Crippen molar-refractivity contribution in [2.24, 2.45) is 5.41 Å². The average Bonchev–Trinajstić information content (AvgIpc) is 1.82. The topological polar surface area (TPSA) is 46.2 Å². The van der Waals surface area contributed by atoms with E-state index in [9.17, 15) is 9.59 Å². The van der Waals surface area contributed by atoms with Gasteiger partial charge in [-0.1, -0.05) is 27.4 Å². The van der Waals surface area contributed by atoms with Crippen LogP contribution in [0.5, 0.6) is 0 Å². The Balaban J connectivity index is 4.32. The van der Waals surface area contributed by atoms with Gasteiger partial charge >= 0.3 is 0 Å². The van der Waals surface area contributed by atoms with Gasteiger partial charge in [-0.2, -0.15) is 0 Å². The van der Waals surface area contributed by atoms with Crippen molar-refractivity contribution in [3.8, 4) is 0 Å². The Hall–Kier alpha value is -1.12. The highest BCUT2D eigenvalue weighted by atomic mass is 16.2. The van der Waals surface area contributed by atoms with Gasteiger partial charge in [-0.25, -0.2) is 0 Å². The Labute approximate surface area is 72.8 Å². The van der Waals surface area contributed by atoms with Crippen LogP contribution in [-0.2, 0) is 9.59 Å². The number of allylic oxidation sites excluding steroid dienone is 1. The van der Waals surface area contributed by atoms with Gasteiger partial charge in [0, 0.05) is 12.3 Å². The first-order chi connectivity index (χ1) is 5.25. The second kappa shape index (κ2) is 3.52. The van der Waals surface area contributed by atoms with Crippen LogP contribution in [0.3, 0.4) is 0 Å². The average molecular weight is 169 g/mol. The molecule has 1 amide bonds. The molecule has 3 heteroatoms. The van der Waals surface area contributed by atoms with Crippen LogP contribution >= 0.6 is 0 Å². The Morgan fingerprint density at radius 3 is 1.92 bits per heavy atom. The van der Waals surface area contributed by atoms with E-state index in [0.29, 0.717) is 0 Å². The summed E-state index contributed by atoms with van der Waals surface area (Å²) in [7, 11) is 0. The number of Topliss-reactive ketones (excluding diaryl/α,β-unsaturated/α-hetero) is 1. The summed E-state index contributed by atoms with van der Waals surface area (Å²) >= 11 is 0. The molecular weight excluding hydrogens is 154 g/mol. The van der Waals surface area contributed by atoms with E-state index in [-0.39, 0.29) is 17.4 Å². The lowest BCUT2D eigenvalue weighted by Gasteiger charge is -2.17. The molecule has 0 heterocycles. The van der Waals surface area contributed by atoms with Crippen molar-refractivity contribution < 1.29 is 9.59 Å². The Kier molecular flexibility index (Phi) is 3.19. The SMILES string of the molecule is C=C(NC(C)=O)C(=O)C(C)(C)C. The molecule has 1 N–H and O–H groups in total. The number of amides is 1. The first kappa shape index (κ1) is 10.9. The largest absolute Gasteiger partial charge is 0.324 e. The summed E-state index contributed by atoms with van der Waals surface area (Å²) in [5.74, 6) is -0.407. The van der Waals surface area contributed by atoms with Crippen LogP contribution < -0.4 is 5.32 Å². The molecule has 0 atom stereocenters. The fourth-order valence-corrected chi connectivity index (χ4v) is 0.722. The van der Waals surface area contributed by atoms with Gasteiger partial charge in [0.15, 0.2) is 5.78 Å². The third-order valence-electron chi connectivity index (χ3n) is 1.28. The lowest BCUT2D eigenvalue weighted by molar-refractivity contribution is -0.125. The molecule has 0 aliphatic rings. The number of hydrogen-bond acceptors (Lipinski definition) is 2. The van der Waals surface area contributed by atoms with E-state index in [4.69, 9.17) is 0 Å². The maximum absolute atomic E-state index is 11.4. The molecule has 0 aliphatic heterocycles. The van der Waals surface area contributed by atoms with Crippen LogP contribution in [0.1, 0.15) is 27.7 Å². The zero-order chi connectivity index (χ0) is 9.94. The number of ketones is 1. The zero-order valence-corrected chi connectivity index (χ0v) is 8.02. The maximum atomic E-state index is 11.4. The predicted molar refractivity (Wildman–Crippen MR) is 47.4 cm³/mol. The van der Waals surface area contributed by atoms with Gasteiger partial charge in [0.05, 0.1) is 5.70 Å². The summed E-state index contributed by atoms with van der Waals surface area (Å²) in [6.45, 7) is 10.2. The van der Waals surface area contributed by atoms with E-state index >= 15 is 0 Å². The van der Waals surface area contributed by atoms with E-state index < -0.39 is 5.41 Å². The van der Waals surface area contributed by atoms with Crippen molar-refractivity contribution in [1.82, 2.24) is 5.32 Å². The van der Waals surface area contributed by atoms with Crippen LogP contribution in [-0.4, -0.2) is 11.7 Å². The van der Waals surface area contributed by atoms with Crippen LogP contribution in [0, 0.1) is 5.41 Å². The fraction of sp³-hybridized carbons (Fsp3) is 0.556. The van der Waals surface area contributed by atoms with Gasteiger partial charge in [-0.3, -0.25) is 9.59 Å². The van der Waals surface area contributed by atoms with Crippen molar-refractivity contribution in [1.29, 1.82) is 0 Å². The van der Waals surface area contributed by atoms with Crippen molar-refractivity contribution in [3.05, 3.63) is 12.3 Å². The first-order valence-corrected chi connectivity index (χ1v) is 3.76. The van der Waals surface area contributed by atoms with Gasteiger partial charge in [0.1, 0.15) is 0 Å². The van der Waals surface area contributed by atoms with E-state index in [2.05, 4.69) is 11.9 Å². The second-order valence-corrected chi connectivity index (χ2v) is 3.74. The zero-order valence-electron chi connectivity index (χ0n) is 8.02. The monoisotopic (exact) mass is 169 g/mol. The Morgan fingerprint density at radius 2 is 1.67 bits per heavy atom. The van der Waals surface area contributed by atoms with Crippen molar-refractivity contribution in [2.75, 3.05) is 0 Å². The number of hydrogen-bond donors (Lipinski definition) is 1. The fourth-order valence-electron chi connectivity index (χ4n) is 0.722. The van der Waals surface area contributed by atoms with E-state index in [0.717, 1.165) is 0 Å². The highest BCUT2D eigenvalue weighted by molar-refractivity contribution is 6.01. The molecule has 3 nitrogen and oxygen atoms in total. The molecule has 0 aromatic heterocycles. The van der Waals surface area contributed by atoms with Crippen LogP contribution in [0.4, 0.5) is 0 Å². The Bertz CT molecular complexity index is 223. The normalized spacial score (nSPS) is 10.7. The molecule has 0 aliphatic carbocycles. The van der Waals surface area contributed by atoms with Gasteiger partial charge in [-0.15, -0.1) is 0 Å². The lowest BCUT2D eigenvalue weighted by atomic mass is 9.89. The minimum atomic E-state index is -0.487. The third-order valence-corrected chi connectivity index (χ3v) is 1.28. The molecule has 0 rings (SSSR count). The smallest absolute Gasteiger partial charge is 0.221 e. The van der Waals surface area contributed by atoms with Crippen molar-refractivity contribution in [2.45, 2.75) is 27.7 Å². The molecule has 0 bridgehead atoms. The number of rotatable bonds is 2. The number of carbonyl (C=O) groups excluding carboxylic acids is 2. The molecule has 0 aromatic rings. The highest BCUT2D eigenvalue weighted by Gasteiger charge is 2.23. The van der Waals surface area contributed by atoms with E-state index in [1.165, 1.54) is 6.92 Å². The first-order valence-electron chi connectivity index (χ1n) is 3.76.